The first kappa shape index (κ1) is 9.97. The molecule has 0 spiro atoms. The number of nitrogens with zero attached hydrogens (tertiary/aromatic N) is 1. The molecule has 80 valence electrons. The van der Waals surface area contributed by atoms with Crippen LogP contribution in [0.25, 0.3) is 0 Å². The van der Waals surface area contributed by atoms with Crippen molar-refractivity contribution < 1.29 is 4.79 Å². The average molecular weight is 196 g/mol. The quantitative estimate of drug-likeness (QED) is 0.723. The van der Waals surface area contributed by atoms with Gasteiger partial charge in [-0.05, 0) is 32.1 Å². The largest absolute Gasteiger partial charge is 0.323 e. The number of amides is 1. The van der Waals surface area contributed by atoms with Gasteiger partial charge in [0.2, 0.25) is 5.91 Å². The van der Waals surface area contributed by atoms with E-state index in [0.29, 0.717) is 17.9 Å². The lowest BCUT2D eigenvalue weighted by Crippen LogP contribution is -2.46. The molecule has 0 aromatic heterocycles. The summed E-state index contributed by atoms with van der Waals surface area (Å²) in [4.78, 5) is 14.1. The van der Waals surface area contributed by atoms with Crippen LogP contribution in [0.5, 0.6) is 0 Å². The Kier molecular flexibility index (Phi) is 2.52. The summed E-state index contributed by atoms with van der Waals surface area (Å²) in [6.45, 7) is 6.30. The molecule has 1 heterocycles. The molecule has 2 aliphatic rings. The first-order valence-electron chi connectivity index (χ1n) is 5.69. The molecule has 1 saturated carbocycles. The summed E-state index contributed by atoms with van der Waals surface area (Å²) < 4.78 is 0. The van der Waals surface area contributed by atoms with Crippen LogP contribution in [0.3, 0.4) is 0 Å². The summed E-state index contributed by atoms with van der Waals surface area (Å²) in [7, 11) is 0. The van der Waals surface area contributed by atoms with Gasteiger partial charge in [0, 0.05) is 6.04 Å². The maximum atomic E-state index is 12.1. The molecular formula is C11H20N2O. The molecule has 1 aliphatic heterocycles. The molecule has 0 aromatic rings. The summed E-state index contributed by atoms with van der Waals surface area (Å²) >= 11 is 0. The molecule has 14 heavy (non-hydrogen) atoms. The predicted octanol–water partition coefficient (Wildman–Crippen LogP) is 1.34. The fourth-order valence-electron chi connectivity index (χ4n) is 2.40. The molecule has 3 nitrogen and oxygen atoms in total. The van der Waals surface area contributed by atoms with Crippen molar-refractivity contribution in [3.05, 3.63) is 0 Å². The number of rotatable bonds is 2. The SMILES string of the molecule is CC(C)C1NC(C)N(C2CCC2)C1=O. The molecule has 2 atom stereocenters. The van der Waals surface area contributed by atoms with Crippen LogP contribution in [0.15, 0.2) is 0 Å². The van der Waals surface area contributed by atoms with Gasteiger partial charge in [-0.15, -0.1) is 0 Å². The molecule has 1 amide bonds. The van der Waals surface area contributed by atoms with Crippen molar-refractivity contribution in [1.82, 2.24) is 10.2 Å². The van der Waals surface area contributed by atoms with E-state index in [0.717, 1.165) is 0 Å². The molecule has 0 bridgehead atoms. The highest BCUT2D eigenvalue weighted by molar-refractivity contribution is 5.85. The van der Waals surface area contributed by atoms with Crippen molar-refractivity contribution in [2.24, 2.45) is 5.92 Å². The van der Waals surface area contributed by atoms with E-state index < -0.39 is 0 Å². The standard InChI is InChI=1S/C11H20N2O/c1-7(2)10-11(14)13(8(3)12-10)9-5-4-6-9/h7-10,12H,4-6H2,1-3H3. The van der Waals surface area contributed by atoms with Crippen molar-refractivity contribution >= 4 is 5.91 Å². The lowest BCUT2D eigenvalue weighted by Gasteiger charge is -2.37. The summed E-state index contributed by atoms with van der Waals surface area (Å²) in [5.74, 6) is 0.715. The zero-order valence-electron chi connectivity index (χ0n) is 9.29. The second-order valence-corrected chi connectivity index (χ2v) is 4.89. The van der Waals surface area contributed by atoms with Crippen LogP contribution < -0.4 is 5.32 Å². The third-order valence-electron chi connectivity index (χ3n) is 3.49. The van der Waals surface area contributed by atoms with Crippen LogP contribution in [0.2, 0.25) is 0 Å². The second kappa shape index (κ2) is 3.54. The van der Waals surface area contributed by atoms with E-state index in [2.05, 4.69) is 31.0 Å². The number of carbonyl (C=O) groups excluding carboxylic acids is 1. The Labute approximate surface area is 85.8 Å². The van der Waals surface area contributed by atoms with E-state index in [1.54, 1.807) is 0 Å². The lowest BCUT2D eigenvalue weighted by atomic mass is 9.91. The summed E-state index contributed by atoms with van der Waals surface area (Å²) in [5, 5.41) is 3.38. The van der Waals surface area contributed by atoms with Gasteiger partial charge in [0.25, 0.3) is 0 Å². The van der Waals surface area contributed by atoms with Crippen LogP contribution in [0.4, 0.5) is 0 Å². The van der Waals surface area contributed by atoms with Gasteiger partial charge < -0.3 is 4.90 Å². The molecule has 3 heteroatoms. The maximum absolute atomic E-state index is 12.1. The Morgan fingerprint density at radius 2 is 2.07 bits per heavy atom. The Hall–Kier alpha value is -0.570. The van der Waals surface area contributed by atoms with Crippen LogP contribution >= 0.6 is 0 Å². The van der Waals surface area contributed by atoms with E-state index in [1.807, 2.05) is 0 Å². The van der Waals surface area contributed by atoms with Crippen molar-refractivity contribution in [3.63, 3.8) is 0 Å². The minimum Gasteiger partial charge on any atom is -0.323 e. The Morgan fingerprint density at radius 3 is 2.43 bits per heavy atom. The van der Waals surface area contributed by atoms with E-state index in [-0.39, 0.29) is 12.2 Å². The maximum Gasteiger partial charge on any atom is 0.241 e. The van der Waals surface area contributed by atoms with Gasteiger partial charge >= 0.3 is 0 Å². The number of hydrogen-bond donors (Lipinski definition) is 1. The topological polar surface area (TPSA) is 32.3 Å². The molecular weight excluding hydrogens is 176 g/mol. The highest BCUT2D eigenvalue weighted by Crippen LogP contribution is 2.30. The smallest absolute Gasteiger partial charge is 0.241 e. The monoisotopic (exact) mass is 196 g/mol. The van der Waals surface area contributed by atoms with Crippen LogP contribution in [0.1, 0.15) is 40.0 Å². The third kappa shape index (κ3) is 1.44. The summed E-state index contributed by atoms with van der Waals surface area (Å²) in [5.41, 5.74) is 0. The minimum absolute atomic E-state index is 0.0469. The lowest BCUT2D eigenvalue weighted by molar-refractivity contribution is -0.134. The molecule has 2 unspecified atom stereocenters. The minimum atomic E-state index is 0.0469. The van der Waals surface area contributed by atoms with Crippen molar-refractivity contribution in [2.75, 3.05) is 0 Å². The van der Waals surface area contributed by atoms with Crippen molar-refractivity contribution in [1.29, 1.82) is 0 Å². The molecule has 1 aliphatic carbocycles. The zero-order valence-corrected chi connectivity index (χ0v) is 9.29. The Balaban J connectivity index is 2.07. The fourth-order valence-corrected chi connectivity index (χ4v) is 2.40. The first-order chi connectivity index (χ1) is 6.61. The van der Waals surface area contributed by atoms with E-state index in [9.17, 15) is 4.79 Å². The van der Waals surface area contributed by atoms with Crippen molar-refractivity contribution in [2.45, 2.75) is 58.3 Å². The number of hydrogen-bond acceptors (Lipinski definition) is 2. The zero-order chi connectivity index (χ0) is 10.3. The Bertz CT molecular complexity index is 235. The highest BCUT2D eigenvalue weighted by atomic mass is 16.2. The second-order valence-electron chi connectivity index (χ2n) is 4.89. The van der Waals surface area contributed by atoms with Crippen LogP contribution in [-0.4, -0.2) is 29.1 Å². The number of nitrogens with one attached hydrogen (secondary N) is 1. The van der Waals surface area contributed by atoms with E-state index in [4.69, 9.17) is 0 Å². The molecule has 0 radical (unpaired) electrons. The molecule has 0 aromatic carbocycles. The normalized spacial score (nSPS) is 34.0. The van der Waals surface area contributed by atoms with Gasteiger partial charge in [-0.3, -0.25) is 10.1 Å². The van der Waals surface area contributed by atoms with Crippen LogP contribution in [0, 0.1) is 5.92 Å². The summed E-state index contributed by atoms with van der Waals surface area (Å²) in [6.07, 6.45) is 3.92. The molecule has 1 saturated heterocycles. The van der Waals surface area contributed by atoms with Gasteiger partial charge in [0.15, 0.2) is 0 Å². The number of carbonyl (C=O) groups is 1. The molecule has 1 N–H and O–H groups in total. The van der Waals surface area contributed by atoms with E-state index in [1.165, 1.54) is 19.3 Å². The van der Waals surface area contributed by atoms with Gasteiger partial charge in [0.1, 0.15) is 0 Å². The Morgan fingerprint density at radius 1 is 1.43 bits per heavy atom. The third-order valence-corrected chi connectivity index (χ3v) is 3.49. The predicted molar refractivity (Wildman–Crippen MR) is 55.7 cm³/mol. The van der Waals surface area contributed by atoms with Gasteiger partial charge in [0.05, 0.1) is 12.2 Å². The average Bonchev–Trinajstić information content (AvgIpc) is 2.29. The van der Waals surface area contributed by atoms with Gasteiger partial charge in [-0.1, -0.05) is 13.8 Å². The summed E-state index contributed by atoms with van der Waals surface area (Å²) in [6, 6.07) is 0.569. The first-order valence-corrected chi connectivity index (χ1v) is 5.69. The molecule has 2 fully saturated rings. The molecule has 2 rings (SSSR count). The highest BCUT2D eigenvalue weighted by Gasteiger charge is 2.42. The van der Waals surface area contributed by atoms with E-state index >= 15 is 0 Å². The van der Waals surface area contributed by atoms with Crippen molar-refractivity contribution in [3.8, 4) is 0 Å². The fraction of sp³-hybridized carbons (Fsp3) is 0.909. The van der Waals surface area contributed by atoms with Crippen LogP contribution in [-0.2, 0) is 4.79 Å². The van der Waals surface area contributed by atoms with Gasteiger partial charge in [-0.25, -0.2) is 0 Å². The van der Waals surface area contributed by atoms with Gasteiger partial charge in [-0.2, -0.15) is 0 Å².